The monoisotopic (exact) mass is 324 g/mol. The smallest absolute Gasteiger partial charge is 0.311 e. The van der Waals surface area contributed by atoms with Crippen molar-refractivity contribution in [2.45, 2.75) is 44.9 Å². The molecule has 4 aliphatic carbocycles. The van der Waals surface area contributed by atoms with Crippen molar-refractivity contribution >= 4 is 17.9 Å². The highest BCUT2D eigenvalue weighted by Gasteiger charge is 2.67. The third-order valence-electron chi connectivity index (χ3n) is 6.33. The third-order valence-corrected chi connectivity index (χ3v) is 6.33. The van der Waals surface area contributed by atoms with E-state index in [4.69, 9.17) is 14.2 Å². The van der Waals surface area contributed by atoms with E-state index < -0.39 is 16.2 Å². The van der Waals surface area contributed by atoms with E-state index >= 15 is 0 Å². The molecule has 0 saturated heterocycles. The highest BCUT2D eigenvalue weighted by molar-refractivity contribution is 5.85. The van der Waals surface area contributed by atoms with Gasteiger partial charge in [0.05, 0.1) is 37.6 Å². The van der Waals surface area contributed by atoms with Crippen LogP contribution in [0, 0.1) is 22.2 Å². The van der Waals surface area contributed by atoms with Crippen LogP contribution in [0.25, 0.3) is 0 Å². The maximum atomic E-state index is 12.6. The van der Waals surface area contributed by atoms with Gasteiger partial charge in [0.1, 0.15) is 0 Å². The molecule has 23 heavy (non-hydrogen) atoms. The van der Waals surface area contributed by atoms with Crippen LogP contribution in [-0.4, -0.2) is 39.2 Å². The van der Waals surface area contributed by atoms with Gasteiger partial charge in [-0.05, 0) is 50.9 Å². The fourth-order valence-electron chi connectivity index (χ4n) is 5.77. The first-order valence-corrected chi connectivity index (χ1v) is 8.11. The minimum atomic E-state index is -0.783. The lowest BCUT2D eigenvalue weighted by molar-refractivity contribution is -0.179. The summed E-state index contributed by atoms with van der Waals surface area (Å²) in [5.41, 5.74) is -2.15. The zero-order valence-electron chi connectivity index (χ0n) is 14.0. The Balaban J connectivity index is 2.11. The molecule has 4 fully saturated rings. The number of fused-ring (bicyclic) bond motifs is 1. The largest absolute Gasteiger partial charge is 0.469 e. The molecule has 6 nitrogen and oxygen atoms in total. The van der Waals surface area contributed by atoms with Crippen molar-refractivity contribution in [3.8, 4) is 0 Å². The first-order chi connectivity index (χ1) is 10.9. The molecule has 2 unspecified atom stereocenters. The summed E-state index contributed by atoms with van der Waals surface area (Å²) >= 11 is 0. The Morgan fingerprint density at radius 3 is 1.43 bits per heavy atom. The topological polar surface area (TPSA) is 78.9 Å². The van der Waals surface area contributed by atoms with Gasteiger partial charge in [-0.3, -0.25) is 14.4 Å². The van der Waals surface area contributed by atoms with Gasteiger partial charge < -0.3 is 14.2 Å². The summed E-state index contributed by atoms with van der Waals surface area (Å²) in [5.74, 6) is -0.709. The van der Waals surface area contributed by atoms with Crippen molar-refractivity contribution in [3.05, 3.63) is 0 Å². The fraction of sp³-hybridized carbons (Fsp3) is 0.824. The van der Waals surface area contributed by atoms with E-state index in [1.807, 2.05) is 0 Å². The van der Waals surface area contributed by atoms with E-state index in [9.17, 15) is 14.4 Å². The van der Waals surface area contributed by atoms with Gasteiger partial charge in [-0.1, -0.05) is 0 Å². The molecule has 0 N–H and O–H groups in total. The minimum absolute atomic E-state index is 0.136. The SMILES string of the molecule is COC(=O)C12CCC3(C(=O)OC)CC(C1)CC(C(=O)OC)(C2)C3. The maximum absolute atomic E-state index is 12.6. The number of hydrogen-bond donors (Lipinski definition) is 0. The molecule has 0 aromatic carbocycles. The van der Waals surface area contributed by atoms with Crippen LogP contribution in [0.1, 0.15) is 44.9 Å². The first-order valence-electron chi connectivity index (χ1n) is 8.11. The molecule has 0 heterocycles. The maximum Gasteiger partial charge on any atom is 0.311 e. The zero-order valence-corrected chi connectivity index (χ0v) is 14.0. The molecule has 4 bridgehead atoms. The van der Waals surface area contributed by atoms with Crippen molar-refractivity contribution < 1.29 is 28.6 Å². The van der Waals surface area contributed by atoms with Crippen LogP contribution in [-0.2, 0) is 28.6 Å². The summed E-state index contributed by atoms with van der Waals surface area (Å²) in [6.07, 6.45) is 3.97. The van der Waals surface area contributed by atoms with Gasteiger partial charge in [-0.25, -0.2) is 0 Å². The molecule has 128 valence electrons. The van der Waals surface area contributed by atoms with E-state index in [1.54, 1.807) is 0 Å². The van der Waals surface area contributed by atoms with Gasteiger partial charge in [-0.15, -0.1) is 0 Å². The number of carbonyl (C=O) groups is 3. The number of esters is 3. The lowest BCUT2D eigenvalue weighted by Crippen LogP contribution is -2.53. The number of ether oxygens (including phenoxy) is 3. The summed E-state index contributed by atoms with van der Waals surface area (Å²) in [6, 6.07) is 0. The molecule has 4 saturated carbocycles. The molecular weight excluding hydrogens is 300 g/mol. The normalized spacial score (nSPS) is 41.1. The van der Waals surface area contributed by atoms with Crippen LogP contribution in [0.3, 0.4) is 0 Å². The molecule has 0 aliphatic heterocycles. The van der Waals surface area contributed by atoms with Gasteiger partial charge in [-0.2, -0.15) is 0 Å². The Kier molecular flexibility index (Phi) is 3.69. The molecule has 0 radical (unpaired) electrons. The van der Waals surface area contributed by atoms with Crippen LogP contribution in [0.4, 0.5) is 0 Å². The van der Waals surface area contributed by atoms with Gasteiger partial charge in [0.2, 0.25) is 0 Å². The molecule has 0 spiro atoms. The van der Waals surface area contributed by atoms with Gasteiger partial charge in [0.25, 0.3) is 0 Å². The predicted molar refractivity (Wildman–Crippen MR) is 79.2 cm³/mol. The highest BCUT2D eigenvalue weighted by Crippen LogP contribution is 2.67. The van der Waals surface area contributed by atoms with Gasteiger partial charge >= 0.3 is 17.9 Å². The second-order valence-electron chi connectivity index (χ2n) is 7.65. The van der Waals surface area contributed by atoms with E-state index in [1.165, 1.54) is 21.3 Å². The number of methoxy groups -OCH3 is 3. The van der Waals surface area contributed by atoms with Crippen molar-refractivity contribution in [3.63, 3.8) is 0 Å². The lowest BCUT2D eigenvalue weighted by atomic mass is 9.51. The lowest BCUT2D eigenvalue weighted by Gasteiger charge is -2.51. The Morgan fingerprint density at radius 2 is 1.04 bits per heavy atom. The Bertz CT molecular complexity index is 519. The Hall–Kier alpha value is -1.59. The molecule has 0 aromatic rings. The second kappa shape index (κ2) is 5.21. The molecule has 2 atom stereocenters. The highest BCUT2D eigenvalue weighted by atomic mass is 16.5. The molecule has 0 aromatic heterocycles. The van der Waals surface area contributed by atoms with Crippen LogP contribution >= 0.6 is 0 Å². The van der Waals surface area contributed by atoms with E-state index in [0.717, 1.165) is 0 Å². The second-order valence-corrected chi connectivity index (χ2v) is 7.65. The Morgan fingerprint density at radius 1 is 0.696 bits per heavy atom. The predicted octanol–water partition coefficient (Wildman–Crippen LogP) is 1.85. The quantitative estimate of drug-likeness (QED) is 0.582. The number of carbonyl (C=O) groups excluding carboxylic acids is 3. The molecular formula is C17H24O6. The van der Waals surface area contributed by atoms with Crippen molar-refractivity contribution in [1.82, 2.24) is 0 Å². The van der Waals surface area contributed by atoms with Crippen LogP contribution in [0.2, 0.25) is 0 Å². The molecule has 6 heteroatoms. The Labute approximate surface area is 135 Å². The number of hydrogen-bond acceptors (Lipinski definition) is 6. The minimum Gasteiger partial charge on any atom is -0.469 e. The zero-order chi connectivity index (χ0) is 16.9. The average molecular weight is 324 g/mol. The van der Waals surface area contributed by atoms with Crippen molar-refractivity contribution in [2.75, 3.05) is 21.3 Å². The first kappa shape index (κ1) is 16.3. The van der Waals surface area contributed by atoms with E-state index in [0.29, 0.717) is 44.9 Å². The average Bonchev–Trinajstić information content (AvgIpc) is 2.74. The molecule has 4 aliphatic rings. The summed E-state index contributed by atoms with van der Waals surface area (Å²) < 4.78 is 15.2. The summed E-state index contributed by atoms with van der Waals surface area (Å²) in [5, 5.41) is 0. The van der Waals surface area contributed by atoms with E-state index in [2.05, 4.69) is 0 Å². The molecule has 4 rings (SSSR count). The van der Waals surface area contributed by atoms with Gasteiger partial charge in [0.15, 0.2) is 0 Å². The van der Waals surface area contributed by atoms with Crippen LogP contribution < -0.4 is 0 Å². The summed E-state index contributed by atoms with van der Waals surface area (Å²) in [6.45, 7) is 0. The summed E-state index contributed by atoms with van der Waals surface area (Å²) in [4.78, 5) is 37.6. The van der Waals surface area contributed by atoms with Crippen LogP contribution in [0.5, 0.6) is 0 Å². The number of rotatable bonds is 3. The van der Waals surface area contributed by atoms with E-state index in [-0.39, 0.29) is 23.8 Å². The van der Waals surface area contributed by atoms with Gasteiger partial charge in [0, 0.05) is 0 Å². The van der Waals surface area contributed by atoms with Crippen LogP contribution in [0.15, 0.2) is 0 Å². The third kappa shape index (κ3) is 2.17. The molecule has 0 amide bonds. The standard InChI is InChI=1S/C17H24O6/c1-21-12(18)15-4-5-16(13(19)22-2)7-11(6-15)8-17(9-15,10-16)14(20)23-3/h11H,4-10H2,1-3H3. The van der Waals surface area contributed by atoms with Crippen molar-refractivity contribution in [1.29, 1.82) is 0 Å². The van der Waals surface area contributed by atoms with Crippen molar-refractivity contribution in [2.24, 2.45) is 22.2 Å². The summed E-state index contributed by atoms with van der Waals surface area (Å²) in [7, 11) is 4.14. The fourth-order valence-corrected chi connectivity index (χ4v) is 5.77.